The Morgan fingerprint density at radius 3 is 2.54 bits per heavy atom. The average molecular weight is 388 g/mol. The minimum atomic E-state index is -0.198. The van der Waals surface area contributed by atoms with Gasteiger partial charge in [-0.15, -0.1) is 0 Å². The summed E-state index contributed by atoms with van der Waals surface area (Å²) in [6.07, 6.45) is 1.60. The fraction of sp³-hybridized carbons (Fsp3) is 0.316. The van der Waals surface area contributed by atoms with Crippen LogP contribution in [0.25, 0.3) is 0 Å². The zero-order valence-corrected chi connectivity index (χ0v) is 15.3. The first-order chi connectivity index (χ1) is 11.6. The van der Waals surface area contributed by atoms with Crippen LogP contribution in [0.2, 0.25) is 0 Å². The van der Waals surface area contributed by atoms with Crippen molar-refractivity contribution in [1.29, 1.82) is 0 Å². The molecular weight excluding hydrogens is 366 g/mol. The summed E-state index contributed by atoms with van der Waals surface area (Å²) in [5.41, 5.74) is 9.99. The van der Waals surface area contributed by atoms with E-state index in [0.29, 0.717) is 6.54 Å². The van der Waals surface area contributed by atoms with E-state index in [0.717, 1.165) is 17.3 Å². The number of carbonyl (C=O) groups excluding carboxylic acids is 1. The second kappa shape index (κ2) is 7.92. The molecule has 0 aromatic heterocycles. The van der Waals surface area contributed by atoms with Crippen LogP contribution in [-0.2, 0) is 11.2 Å². The molecule has 2 atom stereocenters. The fourth-order valence-corrected chi connectivity index (χ4v) is 3.11. The minimum Gasteiger partial charge on any atom is -0.354 e. The summed E-state index contributed by atoms with van der Waals surface area (Å²) < 4.78 is 1.06. The van der Waals surface area contributed by atoms with E-state index in [9.17, 15) is 4.79 Å². The molecule has 0 radical (unpaired) electrons. The van der Waals surface area contributed by atoms with Crippen molar-refractivity contribution in [2.75, 3.05) is 6.54 Å². The molecule has 2 unspecified atom stereocenters. The monoisotopic (exact) mass is 387 g/mol. The second-order valence-corrected chi connectivity index (χ2v) is 7.12. The molecule has 0 bridgehead atoms. The van der Waals surface area contributed by atoms with Crippen LogP contribution in [0.3, 0.4) is 0 Å². The lowest BCUT2D eigenvalue weighted by Crippen LogP contribution is -2.43. The van der Waals surface area contributed by atoms with Gasteiger partial charge in [0, 0.05) is 17.1 Å². The largest absolute Gasteiger partial charge is 0.354 e. The molecule has 1 fully saturated rings. The zero-order valence-electron chi connectivity index (χ0n) is 13.7. The molecule has 0 aliphatic carbocycles. The first-order valence-electron chi connectivity index (χ1n) is 8.21. The smallest absolute Gasteiger partial charge is 0.238 e. The number of rotatable bonds is 5. The van der Waals surface area contributed by atoms with Crippen molar-refractivity contribution in [2.45, 2.75) is 31.8 Å². The quantitative estimate of drug-likeness (QED) is 0.738. The van der Waals surface area contributed by atoms with Crippen LogP contribution in [0.5, 0.6) is 0 Å². The number of nitrogens with one attached hydrogen (secondary N) is 3. The molecular formula is C19H22BrN3O. The molecule has 2 aromatic carbocycles. The highest BCUT2D eigenvalue weighted by molar-refractivity contribution is 9.10. The summed E-state index contributed by atoms with van der Waals surface area (Å²) in [7, 11) is 0. The highest BCUT2D eigenvalue weighted by atomic mass is 79.9. The van der Waals surface area contributed by atoms with Gasteiger partial charge in [0.1, 0.15) is 6.04 Å². The van der Waals surface area contributed by atoms with Crippen molar-refractivity contribution in [1.82, 2.24) is 16.2 Å². The van der Waals surface area contributed by atoms with Crippen molar-refractivity contribution in [2.24, 2.45) is 0 Å². The Kier molecular flexibility index (Phi) is 5.66. The lowest BCUT2D eigenvalue weighted by Gasteiger charge is -2.11. The first-order valence-corrected chi connectivity index (χ1v) is 9.01. The summed E-state index contributed by atoms with van der Waals surface area (Å²) in [4.78, 5) is 12.3. The molecule has 1 aliphatic heterocycles. The number of aryl methyl sites for hydroxylation is 1. The second-order valence-electron chi connectivity index (χ2n) is 6.21. The molecule has 0 spiro atoms. The molecule has 5 heteroatoms. The van der Waals surface area contributed by atoms with Crippen molar-refractivity contribution >= 4 is 21.8 Å². The molecule has 1 amide bonds. The molecule has 0 saturated carbocycles. The van der Waals surface area contributed by atoms with Gasteiger partial charge in [-0.05, 0) is 43.0 Å². The Bertz CT molecular complexity index is 685. The van der Waals surface area contributed by atoms with Gasteiger partial charge < -0.3 is 5.32 Å². The van der Waals surface area contributed by atoms with Gasteiger partial charge in [0.05, 0.1) is 0 Å². The van der Waals surface area contributed by atoms with E-state index in [2.05, 4.69) is 75.4 Å². The van der Waals surface area contributed by atoms with Gasteiger partial charge in [-0.1, -0.05) is 57.9 Å². The molecule has 2 aromatic rings. The molecule has 24 heavy (non-hydrogen) atoms. The molecule has 4 nitrogen and oxygen atoms in total. The summed E-state index contributed by atoms with van der Waals surface area (Å²) in [5, 5.41) is 3.02. The van der Waals surface area contributed by atoms with E-state index >= 15 is 0 Å². The minimum absolute atomic E-state index is 0.0502. The van der Waals surface area contributed by atoms with Crippen LogP contribution in [0.15, 0.2) is 53.0 Å². The van der Waals surface area contributed by atoms with Crippen molar-refractivity contribution in [3.63, 3.8) is 0 Å². The van der Waals surface area contributed by atoms with Crippen molar-refractivity contribution < 1.29 is 4.79 Å². The SMILES string of the molecule is Cc1ccc(CCNC(=O)C2CC(c3ccc(Br)cc3)NN2)cc1. The Labute approximate surface area is 151 Å². The van der Waals surface area contributed by atoms with Gasteiger partial charge in [-0.25, -0.2) is 10.9 Å². The summed E-state index contributed by atoms with van der Waals surface area (Å²) in [6.45, 7) is 2.73. The number of hydrogen-bond acceptors (Lipinski definition) is 3. The van der Waals surface area contributed by atoms with Crippen molar-refractivity contribution in [3.8, 4) is 0 Å². The van der Waals surface area contributed by atoms with Crippen LogP contribution in [0.1, 0.15) is 29.2 Å². The number of hydrogen-bond donors (Lipinski definition) is 3. The fourth-order valence-electron chi connectivity index (χ4n) is 2.85. The van der Waals surface area contributed by atoms with Crippen molar-refractivity contribution in [3.05, 3.63) is 69.7 Å². The number of benzene rings is 2. The van der Waals surface area contributed by atoms with E-state index < -0.39 is 0 Å². The van der Waals surface area contributed by atoms with Crippen LogP contribution >= 0.6 is 15.9 Å². The van der Waals surface area contributed by atoms with E-state index in [1.807, 2.05) is 12.1 Å². The van der Waals surface area contributed by atoms with Gasteiger partial charge in [-0.2, -0.15) is 0 Å². The standard InChI is InChI=1S/C19H22BrN3O/c1-13-2-4-14(5-3-13)10-11-21-19(24)18-12-17(22-23-18)15-6-8-16(20)9-7-15/h2-9,17-18,22-23H,10-12H2,1H3,(H,21,24). The molecule has 126 valence electrons. The van der Waals surface area contributed by atoms with E-state index in [4.69, 9.17) is 0 Å². The summed E-state index contributed by atoms with van der Waals surface area (Å²) >= 11 is 3.44. The maximum Gasteiger partial charge on any atom is 0.238 e. The highest BCUT2D eigenvalue weighted by Gasteiger charge is 2.29. The maximum absolute atomic E-state index is 12.3. The summed E-state index contributed by atoms with van der Waals surface area (Å²) in [5.74, 6) is 0.0502. The molecule has 3 rings (SSSR count). The lowest BCUT2D eigenvalue weighted by molar-refractivity contribution is -0.122. The zero-order chi connectivity index (χ0) is 16.9. The number of carbonyl (C=O) groups is 1. The normalized spacial score (nSPS) is 20.1. The molecule has 1 aliphatic rings. The number of halogens is 1. The topological polar surface area (TPSA) is 53.2 Å². The van der Waals surface area contributed by atoms with Gasteiger partial charge in [-0.3, -0.25) is 4.79 Å². The van der Waals surface area contributed by atoms with E-state index in [1.54, 1.807) is 0 Å². The average Bonchev–Trinajstić information content (AvgIpc) is 3.07. The Morgan fingerprint density at radius 2 is 1.83 bits per heavy atom. The van der Waals surface area contributed by atoms with Crippen LogP contribution < -0.4 is 16.2 Å². The van der Waals surface area contributed by atoms with Gasteiger partial charge >= 0.3 is 0 Å². The van der Waals surface area contributed by atoms with Gasteiger partial charge in [0.2, 0.25) is 5.91 Å². The number of amides is 1. The molecule has 1 saturated heterocycles. The third-order valence-electron chi connectivity index (χ3n) is 4.33. The molecule has 1 heterocycles. The predicted molar refractivity (Wildman–Crippen MR) is 99.5 cm³/mol. The Morgan fingerprint density at radius 1 is 1.12 bits per heavy atom. The van der Waals surface area contributed by atoms with Crippen LogP contribution in [0, 0.1) is 6.92 Å². The third kappa shape index (κ3) is 4.44. The molecule has 3 N–H and O–H groups in total. The van der Waals surface area contributed by atoms with E-state index in [-0.39, 0.29) is 18.0 Å². The lowest BCUT2D eigenvalue weighted by atomic mass is 10.0. The highest BCUT2D eigenvalue weighted by Crippen LogP contribution is 2.23. The Hall–Kier alpha value is -1.69. The van der Waals surface area contributed by atoms with Crippen LogP contribution in [-0.4, -0.2) is 18.5 Å². The summed E-state index contributed by atoms with van der Waals surface area (Å²) in [6, 6.07) is 16.6. The third-order valence-corrected chi connectivity index (χ3v) is 4.85. The maximum atomic E-state index is 12.3. The number of hydrazine groups is 1. The van der Waals surface area contributed by atoms with Gasteiger partial charge in [0.15, 0.2) is 0 Å². The Balaban J connectivity index is 1.46. The first kappa shape index (κ1) is 17.1. The predicted octanol–water partition coefficient (Wildman–Crippen LogP) is 3.02. The van der Waals surface area contributed by atoms with E-state index in [1.165, 1.54) is 16.7 Å². The van der Waals surface area contributed by atoms with Gasteiger partial charge in [0.25, 0.3) is 0 Å². The van der Waals surface area contributed by atoms with Crippen LogP contribution in [0.4, 0.5) is 0 Å².